The summed E-state index contributed by atoms with van der Waals surface area (Å²) in [5, 5.41) is 4.48. The summed E-state index contributed by atoms with van der Waals surface area (Å²) in [6.07, 6.45) is 0.863. The maximum absolute atomic E-state index is 13.1. The van der Waals surface area contributed by atoms with Crippen LogP contribution in [-0.4, -0.2) is 10.5 Å². The summed E-state index contributed by atoms with van der Waals surface area (Å²) in [5.41, 5.74) is 2.65. The number of benzene rings is 3. The molecule has 1 heterocycles. The minimum absolute atomic E-state index is 0.000159. The van der Waals surface area contributed by atoms with E-state index in [0.717, 1.165) is 23.0 Å². The van der Waals surface area contributed by atoms with Crippen molar-refractivity contribution >= 4 is 27.7 Å². The molecule has 3 aromatic carbocycles. The van der Waals surface area contributed by atoms with E-state index in [9.17, 15) is 9.59 Å². The molecule has 4 heteroatoms. The highest BCUT2D eigenvalue weighted by Gasteiger charge is 2.18. The average molecular weight is 399 g/mol. The molecule has 1 aromatic heterocycles. The summed E-state index contributed by atoms with van der Waals surface area (Å²) in [6, 6.07) is 25.0. The van der Waals surface area contributed by atoms with Crippen LogP contribution in [-0.2, 0) is 11.3 Å². The zero-order valence-electron chi connectivity index (χ0n) is 17.3. The van der Waals surface area contributed by atoms with Crippen LogP contribution in [0.15, 0.2) is 83.7 Å². The Morgan fingerprint density at radius 2 is 1.37 bits per heavy atom. The van der Waals surface area contributed by atoms with E-state index in [1.54, 1.807) is 0 Å². The summed E-state index contributed by atoms with van der Waals surface area (Å²) in [7, 11) is 0. The third-order valence-corrected chi connectivity index (χ3v) is 5.42. The number of fused-ring (bicyclic) bond motifs is 2. The van der Waals surface area contributed by atoms with Crippen LogP contribution in [0.5, 0.6) is 0 Å². The molecular weight excluding hydrogens is 372 g/mol. The minimum atomic E-state index is -0.0662. The van der Waals surface area contributed by atoms with Crippen molar-refractivity contribution in [2.45, 2.75) is 32.9 Å². The van der Waals surface area contributed by atoms with Gasteiger partial charge < -0.3 is 9.88 Å². The highest BCUT2D eigenvalue weighted by Crippen LogP contribution is 2.22. The molecule has 0 fully saturated rings. The first-order valence-corrected chi connectivity index (χ1v) is 10.4. The van der Waals surface area contributed by atoms with Crippen molar-refractivity contribution in [2.24, 2.45) is 5.92 Å². The lowest BCUT2D eigenvalue weighted by Crippen LogP contribution is -2.33. The summed E-state index contributed by atoms with van der Waals surface area (Å²) >= 11 is 0. The summed E-state index contributed by atoms with van der Waals surface area (Å²) in [4.78, 5) is 26.0. The molecular formula is C26H26N2O2. The average Bonchev–Trinajstić information content (AvgIpc) is 2.76. The number of hydrogen-bond donors (Lipinski definition) is 1. The molecule has 0 bridgehead atoms. The monoisotopic (exact) mass is 398 g/mol. The van der Waals surface area contributed by atoms with Crippen LogP contribution in [0, 0.1) is 5.92 Å². The maximum atomic E-state index is 13.1. The molecule has 0 saturated carbocycles. The van der Waals surface area contributed by atoms with Gasteiger partial charge in [-0.05, 0) is 42.2 Å². The molecule has 0 unspecified atom stereocenters. The predicted molar refractivity (Wildman–Crippen MR) is 122 cm³/mol. The van der Waals surface area contributed by atoms with E-state index in [-0.39, 0.29) is 23.9 Å². The second-order valence-corrected chi connectivity index (χ2v) is 8.11. The fraction of sp³-hybridized carbons (Fsp3) is 0.231. The number of carbonyl (C=O) groups is 1. The molecule has 0 spiro atoms. The Morgan fingerprint density at radius 3 is 1.93 bits per heavy atom. The molecule has 4 rings (SSSR count). The Kier molecular flexibility index (Phi) is 5.66. The number of nitrogens with one attached hydrogen (secondary N) is 1. The molecule has 0 radical (unpaired) electrons. The quantitative estimate of drug-likeness (QED) is 0.462. The number of nitrogens with zero attached hydrogens (tertiary/aromatic N) is 1. The molecule has 0 aliphatic rings. The van der Waals surface area contributed by atoms with E-state index in [1.165, 1.54) is 0 Å². The van der Waals surface area contributed by atoms with Crippen molar-refractivity contribution in [1.82, 2.24) is 9.88 Å². The fourth-order valence-electron chi connectivity index (χ4n) is 4.07. The number of hydrogen-bond acceptors (Lipinski definition) is 2. The number of para-hydroxylation sites is 2. The van der Waals surface area contributed by atoms with Gasteiger partial charge in [0.2, 0.25) is 5.91 Å². The van der Waals surface area contributed by atoms with Crippen molar-refractivity contribution in [1.29, 1.82) is 0 Å². The zero-order chi connectivity index (χ0) is 21.1. The topological polar surface area (TPSA) is 51.1 Å². The number of rotatable bonds is 6. The van der Waals surface area contributed by atoms with Gasteiger partial charge in [-0.25, -0.2) is 0 Å². The van der Waals surface area contributed by atoms with E-state index < -0.39 is 0 Å². The first kappa shape index (κ1) is 19.9. The Balaban J connectivity index is 1.72. The van der Waals surface area contributed by atoms with Crippen molar-refractivity contribution in [2.75, 3.05) is 0 Å². The molecule has 152 valence electrons. The molecule has 0 aliphatic heterocycles. The SMILES string of the molecule is CC(C)C[C@@H](NC(=O)Cn1c2ccccc2c(=O)c2ccccc21)c1ccccc1. The molecule has 0 aliphatic carbocycles. The van der Waals surface area contributed by atoms with Gasteiger partial charge >= 0.3 is 0 Å². The lowest BCUT2D eigenvalue weighted by atomic mass is 9.97. The van der Waals surface area contributed by atoms with Gasteiger partial charge in [0.25, 0.3) is 0 Å². The molecule has 30 heavy (non-hydrogen) atoms. The van der Waals surface area contributed by atoms with Gasteiger partial charge in [-0.2, -0.15) is 0 Å². The smallest absolute Gasteiger partial charge is 0.240 e. The first-order chi connectivity index (χ1) is 14.5. The van der Waals surface area contributed by atoms with Gasteiger partial charge in [-0.1, -0.05) is 68.4 Å². The highest BCUT2D eigenvalue weighted by atomic mass is 16.2. The first-order valence-electron chi connectivity index (χ1n) is 10.4. The summed E-state index contributed by atoms with van der Waals surface area (Å²) in [5.74, 6) is 0.382. The van der Waals surface area contributed by atoms with Gasteiger partial charge in [-0.3, -0.25) is 9.59 Å². The van der Waals surface area contributed by atoms with Gasteiger partial charge in [-0.15, -0.1) is 0 Å². The lowest BCUT2D eigenvalue weighted by Gasteiger charge is -2.22. The zero-order valence-corrected chi connectivity index (χ0v) is 17.3. The van der Waals surface area contributed by atoms with Gasteiger partial charge in [0, 0.05) is 10.8 Å². The molecule has 1 amide bonds. The maximum Gasteiger partial charge on any atom is 0.240 e. The Bertz CT molecular complexity index is 1180. The number of aromatic nitrogens is 1. The normalized spacial score (nSPS) is 12.4. The van der Waals surface area contributed by atoms with Crippen LogP contribution in [0.4, 0.5) is 0 Å². The second-order valence-electron chi connectivity index (χ2n) is 8.11. The second kappa shape index (κ2) is 8.54. The van der Waals surface area contributed by atoms with Crippen LogP contribution >= 0.6 is 0 Å². The van der Waals surface area contributed by atoms with E-state index >= 15 is 0 Å². The number of pyridine rings is 1. The van der Waals surface area contributed by atoms with E-state index in [1.807, 2.05) is 71.3 Å². The van der Waals surface area contributed by atoms with Crippen molar-refractivity contribution in [3.63, 3.8) is 0 Å². The number of carbonyl (C=O) groups excluding carboxylic acids is 1. The van der Waals surface area contributed by atoms with Gasteiger partial charge in [0.05, 0.1) is 17.1 Å². The lowest BCUT2D eigenvalue weighted by molar-refractivity contribution is -0.122. The van der Waals surface area contributed by atoms with Crippen LogP contribution in [0.1, 0.15) is 31.9 Å². The Morgan fingerprint density at radius 1 is 0.833 bits per heavy atom. The number of amides is 1. The Hall–Kier alpha value is -3.40. The van der Waals surface area contributed by atoms with Crippen molar-refractivity contribution < 1.29 is 4.79 Å². The van der Waals surface area contributed by atoms with E-state index in [0.29, 0.717) is 16.7 Å². The van der Waals surface area contributed by atoms with Gasteiger partial charge in [0.1, 0.15) is 6.54 Å². The van der Waals surface area contributed by atoms with E-state index in [2.05, 4.69) is 31.3 Å². The highest BCUT2D eigenvalue weighted by molar-refractivity contribution is 5.94. The van der Waals surface area contributed by atoms with Crippen LogP contribution < -0.4 is 10.7 Å². The van der Waals surface area contributed by atoms with Crippen LogP contribution in [0.25, 0.3) is 21.8 Å². The van der Waals surface area contributed by atoms with Crippen molar-refractivity contribution in [3.05, 3.63) is 94.6 Å². The fourth-order valence-corrected chi connectivity index (χ4v) is 4.07. The Labute approximate surface area is 176 Å². The predicted octanol–water partition coefficient (Wildman–Crippen LogP) is 5.06. The molecule has 1 atom stereocenters. The van der Waals surface area contributed by atoms with Gasteiger partial charge in [0.15, 0.2) is 5.43 Å². The minimum Gasteiger partial charge on any atom is -0.348 e. The molecule has 0 saturated heterocycles. The molecule has 4 nitrogen and oxygen atoms in total. The van der Waals surface area contributed by atoms with Crippen molar-refractivity contribution in [3.8, 4) is 0 Å². The molecule has 1 N–H and O–H groups in total. The standard InChI is InChI=1S/C26H26N2O2/c1-18(2)16-22(19-10-4-3-5-11-19)27-25(29)17-28-23-14-8-6-12-20(23)26(30)21-13-7-9-15-24(21)28/h3-15,18,22H,16-17H2,1-2H3,(H,27,29)/t22-/m1/s1. The van der Waals surface area contributed by atoms with E-state index in [4.69, 9.17) is 0 Å². The summed E-state index contributed by atoms with van der Waals surface area (Å²) in [6.45, 7) is 4.47. The van der Waals surface area contributed by atoms with Crippen LogP contribution in [0.2, 0.25) is 0 Å². The summed E-state index contributed by atoms with van der Waals surface area (Å²) < 4.78 is 1.94. The largest absolute Gasteiger partial charge is 0.348 e. The third-order valence-electron chi connectivity index (χ3n) is 5.42. The molecule has 4 aromatic rings. The van der Waals surface area contributed by atoms with Crippen LogP contribution in [0.3, 0.4) is 0 Å². The third kappa shape index (κ3) is 3.99.